The molecule has 0 aliphatic carbocycles. The van der Waals surface area contributed by atoms with Crippen LogP contribution in [0.1, 0.15) is 11.1 Å². The second kappa shape index (κ2) is 9.82. The maximum absolute atomic E-state index is 14.3. The first-order valence-corrected chi connectivity index (χ1v) is 11.2. The summed E-state index contributed by atoms with van der Waals surface area (Å²) in [7, 11) is 0. The smallest absolute Gasteiger partial charge is 0.270 e. The molecule has 0 unspecified atom stereocenters. The normalized spacial score (nSPS) is 15.1. The maximum atomic E-state index is 14.3. The fourth-order valence-corrected chi connectivity index (χ4v) is 4.05. The summed E-state index contributed by atoms with van der Waals surface area (Å²) in [5.74, 6) is -1.42. The van der Waals surface area contributed by atoms with Crippen molar-refractivity contribution in [2.45, 2.75) is 6.61 Å². The number of carbonyl (C=O) groups excluding carboxylic acids is 2. The van der Waals surface area contributed by atoms with Crippen molar-refractivity contribution in [3.8, 4) is 5.75 Å². The van der Waals surface area contributed by atoms with Crippen LogP contribution in [-0.4, -0.2) is 16.9 Å². The van der Waals surface area contributed by atoms with E-state index in [0.717, 1.165) is 10.5 Å². The lowest BCUT2D eigenvalue weighted by Gasteiger charge is -2.29. The average Bonchev–Trinajstić information content (AvgIpc) is 2.78. The molecule has 1 N–H and O–H groups in total. The van der Waals surface area contributed by atoms with Crippen molar-refractivity contribution in [2.24, 2.45) is 0 Å². The van der Waals surface area contributed by atoms with Crippen molar-refractivity contribution in [1.29, 1.82) is 0 Å². The molecule has 0 bridgehead atoms. The van der Waals surface area contributed by atoms with E-state index in [4.69, 9.17) is 28.6 Å². The zero-order valence-electron chi connectivity index (χ0n) is 16.8. The zero-order chi connectivity index (χ0) is 23.5. The third kappa shape index (κ3) is 5.13. The van der Waals surface area contributed by atoms with Crippen LogP contribution in [0.4, 0.5) is 10.1 Å². The molecule has 3 aromatic rings. The molecular weight excluding hydrogens is 531 g/mol. The largest absolute Gasteiger partial charge is 0.488 e. The molecule has 4 rings (SSSR count). The van der Waals surface area contributed by atoms with Gasteiger partial charge in [-0.15, -0.1) is 0 Å². The molecule has 1 fully saturated rings. The predicted molar refractivity (Wildman–Crippen MR) is 133 cm³/mol. The molecule has 0 spiro atoms. The van der Waals surface area contributed by atoms with Gasteiger partial charge in [-0.25, -0.2) is 9.29 Å². The Bertz CT molecular complexity index is 1300. The van der Waals surface area contributed by atoms with Gasteiger partial charge in [0, 0.05) is 5.02 Å². The van der Waals surface area contributed by atoms with E-state index in [-0.39, 0.29) is 16.4 Å². The number of nitrogens with one attached hydrogen (secondary N) is 1. The second-order valence-electron chi connectivity index (χ2n) is 7.01. The summed E-state index contributed by atoms with van der Waals surface area (Å²) in [5, 5.41) is 2.91. The van der Waals surface area contributed by atoms with Crippen LogP contribution in [0, 0.1) is 5.82 Å². The van der Waals surface area contributed by atoms with Crippen LogP contribution in [0.15, 0.2) is 76.8 Å². The Labute approximate surface area is 207 Å². The molecule has 0 radical (unpaired) electrons. The standard InChI is InChI=1S/C24H15BrClFN2O3S/c25-18-12-15(7-10-21(18)32-13-14-5-8-16(26)9-6-14)11-17-22(30)28-24(33)29(23(17)31)20-4-2-1-3-19(20)27/h1-12H,13H2,(H,28,30,33)/b17-11+. The van der Waals surface area contributed by atoms with Crippen LogP contribution in [0.5, 0.6) is 5.75 Å². The lowest BCUT2D eigenvalue weighted by Crippen LogP contribution is -2.54. The minimum Gasteiger partial charge on any atom is -0.488 e. The SMILES string of the molecule is O=C1NC(=S)N(c2ccccc2F)C(=O)/C1=C/c1ccc(OCc2ccc(Cl)cc2)c(Br)c1. The van der Waals surface area contributed by atoms with Crippen LogP contribution in [-0.2, 0) is 16.2 Å². The lowest BCUT2D eigenvalue weighted by atomic mass is 10.1. The van der Waals surface area contributed by atoms with Crippen molar-refractivity contribution in [1.82, 2.24) is 5.32 Å². The number of rotatable bonds is 5. The maximum Gasteiger partial charge on any atom is 0.270 e. The highest BCUT2D eigenvalue weighted by molar-refractivity contribution is 9.10. The molecule has 5 nitrogen and oxygen atoms in total. The number of hydrogen-bond acceptors (Lipinski definition) is 4. The Kier molecular flexibility index (Phi) is 6.88. The molecule has 1 heterocycles. The third-order valence-corrected chi connectivity index (χ3v) is 5.93. The number of anilines is 1. The van der Waals surface area contributed by atoms with E-state index in [1.807, 2.05) is 12.1 Å². The molecule has 1 aliphatic heterocycles. The summed E-state index contributed by atoms with van der Waals surface area (Å²) in [6.45, 7) is 0.339. The number of benzene rings is 3. The van der Waals surface area contributed by atoms with Gasteiger partial charge < -0.3 is 4.74 Å². The van der Waals surface area contributed by atoms with Crippen molar-refractivity contribution in [2.75, 3.05) is 4.90 Å². The molecule has 0 atom stereocenters. The molecule has 9 heteroatoms. The van der Waals surface area contributed by atoms with Gasteiger partial charge in [-0.1, -0.05) is 41.9 Å². The van der Waals surface area contributed by atoms with Gasteiger partial charge in [0.25, 0.3) is 11.8 Å². The summed E-state index contributed by atoms with van der Waals surface area (Å²) < 4.78 is 20.7. The van der Waals surface area contributed by atoms with Crippen LogP contribution in [0.25, 0.3) is 6.08 Å². The molecule has 0 saturated carbocycles. The predicted octanol–water partition coefficient (Wildman–Crippen LogP) is 5.65. The highest BCUT2D eigenvalue weighted by Gasteiger charge is 2.35. The van der Waals surface area contributed by atoms with Gasteiger partial charge >= 0.3 is 0 Å². The molecule has 3 aromatic carbocycles. The first kappa shape index (κ1) is 23.1. The van der Waals surface area contributed by atoms with Gasteiger partial charge in [0.15, 0.2) is 5.11 Å². The van der Waals surface area contributed by atoms with Crippen LogP contribution in [0.3, 0.4) is 0 Å². The summed E-state index contributed by atoms with van der Waals surface area (Å²) in [6, 6.07) is 18.1. The van der Waals surface area contributed by atoms with Crippen molar-refractivity contribution < 1.29 is 18.7 Å². The topological polar surface area (TPSA) is 58.6 Å². The number of para-hydroxylation sites is 1. The van der Waals surface area contributed by atoms with Gasteiger partial charge in [-0.3, -0.25) is 14.9 Å². The molecule has 2 amide bonds. The van der Waals surface area contributed by atoms with Gasteiger partial charge in [0.1, 0.15) is 23.7 Å². The summed E-state index contributed by atoms with van der Waals surface area (Å²) >= 11 is 14.5. The summed E-state index contributed by atoms with van der Waals surface area (Å²) in [6.07, 6.45) is 1.42. The molecular formula is C24H15BrClFN2O3S. The number of hydrogen-bond donors (Lipinski definition) is 1. The molecule has 166 valence electrons. The average molecular weight is 546 g/mol. The highest BCUT2D eigenvalue weighted by atomic mass is 79.9. The van der Waals surface area contributed by atoms with Crippen molar-refractivity contribution in [3.05, 3.63) is 98.7 Å². The molecule has 0 aromatic heterocycles. The molecule has 1 aliphatic rings. The fraction of sp³-hybridized carbons (Fsp3) is 0.0417. The van der Waals surface area contributed by atoms with Crippen molar-refractivity contribution in [3.63, 3.8) is 0 Å². The monoisotopic (exact) mass is 544 g/mol. The lowest BCUT2D eigenvalue weighted by molar-refractivity contribution is -0.122. The molecule has 33 heavy (non-hydrogen) atoms. The minimum absolute atomic E-state index is 0.0365. The van der Waals surface area contributed by atoms with Gasteiger partial charge in [-0.2, -0.15) is 0 Å². The van der Waals surface area contributed by atoms with Gasteiger partial charge in [-0.05, 0) is 81.7 Å². The quantitative estimate of drug-likeness (QED) is 0.256. The van der Waals surface area contributed by atoms with Crippen LogP contribution >= 0.6 is 39.7 Å². The minimum atomic E-state index is -0.715. The van der Waals surface area contributed by atoms with E-state index in [1.165, 1.54) is 24.3 Å². The van der Waals surface area contributed by atoms with E-state index < -0.39 is 17.6 Å². The number of thiocarbonyl (C=S) groups is 1. The van der Waals surface area contributed by atoms with E-state index in [2.05, 4.69) is 21.2 Å². The van der Waals surface area contributed by atoms with E-state index in [9.17, 15) is 14.0 Å². The first-order chi connectivity index (χ1) is 15.8. The second-order valence-corrected chi connectivity index (χ2v) is 8.69. The Morgan fingerprint density at radius 2 is 1.82 bits per heavy atom. The Morgan fingerprint density at radius 1 is 1.09 bits per heavy atom. The Morgan fingerprint density at radius 3 is 2.52 bits per heavy atom. The summed E-state index contributed by atoms with van der Waals surface area (Å²) in [5.41, 5.74) is 1.31. The number of amides is 2. The number of halogens is 3. The van der Waals surface area contributed by atoms with E-state index >= 15 is 0 Å². The number of nitrogens with zero attached hydrogens (tertiary/aromatic N) is 1. The third-order valence-electron chi connectivity index (χ3n) is 4.77. The Hall–Kier alpha value is -3.07. The van der Waals surface area contributed by atoms with E-state index in [1.54, 1.807) is 36.4 Å². The van der Waals surface area contributed by atoms with Gasteiger partial charge in [0.05, 0.1) is 10.2 Å². The highest BCUT2D eigenvalue weighted by Crippen LogP contribution is 2.29. The van der Waals surface area contributed by atoms with Crippen LogP contribution < -0.4 is 15.0 Å². The Balaban J connectivity index is 1.57. The summed E-state index contributed by atoms with van der Waals surface area (Å²) in [4.78, 5) is 26.5. The van der Waals surface area contributed by atoms with Gasteiger partial charge in [0.2, 0.25) is 0 Å². The van der Waals surface area contributed by atoms with Crippen LogP contribution in [0.2, 0.25) is 5.02 Å². The zero-order valence-corrected chi connectivity index (χ0v) is 20.0. The fourth-order valence-electron chi connectivity index (χ4n) is 3.14. The van der Waals surface area contributed by atoms with E-state index in [0.29, 0.717) is 27.4 Å². The van der Waals surface area contributed by atoms with Crippen molar-refractivity contribution >= 4 is 68.4 Å². The first-order valence-electron chi connectivity index (χ1n) is 9.66. The number of ether oxygens (including phenoxy) is 1. The number of carbonyl (C=O) groups is 2. The molecule has 1 saturated heterocycles.